The van der Waals surface area contributed by atoms with E-state index in [-0.39, 0.29) is 0 Å². The molecule has 1 atom stereocenters. The van der Waals surface area contributed by atoms with Crippen LogP contribution in [0.5, 0.6) is 0 Å². The number of nitrogens with zero attached hydrogens (tertiary/aromatic N) is 1. The Morgan fingerprint density at radius 1 is 0.955 bits per heavy atom. The van der Waals surface area contributed by atoms with Gasteiger partial charge in [-0.2, -0.15) is 27.2 Å². The molecule has 0 saturated heterocycles. The van der Waals surface area contributed by atoms with Crippen molar-refractivity contribution >= 4 is 10.8 Å². The van der Waals surface area contributed by atoms with Gasteiger partial charge in [-0.05, 0) is 28.8 Å². The first-order valence-corrected chi connectivity index (χ1v) is 6.57. The van der Waals surface area contributed by atoms with Crippen LogP contribution < -0.4 is 0 Å². The third kappa shape index (κ3) is 3.35. The fourth-order valence-corrected chi connectivity index (χ4v) is 2.20. The average Bonchev–Trinajstić information content (AvgIpc) is 2.46. The second-order valence-corrected chi connectivity index (χ2v) is 5.03. The van der Waals surface area contributed by atoms with Crippen LogP contribution in [0.15, 0.2) is 42.5 Å². The summed E-state index contributed by atoms with van der Waals surface area (Å²) in [6.45, 7) is 0. The van der Waals surface area contributed by atoms with E-state index in [0.717, 1.165) is 10.8 Å². The number of hydrogen-bond donors (Lipinski definition) is 0. The van der Waals surface area contributed by atoms with Crippen molar-refractivity contribution in [3.05, 3.63) is 48.0 Å². The molecule has 0 fully saturated rings. The molecular weight excluding hydrogens is 301 g/mol. The van der Waals surface area contributed by atoms with Crippen molar-refractivity contribution in [2.24, 2.45) is 0 Å². The molecule has 0 heterocycles. The minimum atomic E-state index is -5.59. The largest absolute Gasteiger partial charge is 0.453 e. The van der Waals surface area contributed by atoms with Gasteiger partial charge in [0.2, 0.25) is 0 Å². The van der Waals surface area contributed by atoms with Crippen molar-refractivity contribution in [1.29, 1.82) is 5.26 Å². The molecule has 0 aromatic heterocycles. The minimum Gasteiger partial charge on any atom is -0.198 e. The Bertz CT molecular complexity index is 699. The zero-order valence-electron chi connectivity index (χ0n) is 11.4. The van der Waals surface area contributed by atoms with Gasteiger partial charge in [-0.15, -0.1) is 0 Å². The molecule has 2 rings (SSSR count). The van der Waals surface area contributed by atoms with E-state index in [1.54, 1.807) is 36.4 Å². The Kier molecular flexibility index (Phi) is 4.36. The highest BCUT2D eigenvalue weighted by atomic mass is 19.4. The summed E-state index contributed by atoms with van der Waals surface area (Å²) < 4.78 is 62.4. The van der Waals surface area contributed by atoms with E-state index < -0.39 is 30.9 Å². The molecule has 0 amide bonds. The van der Waals surface area contributed by atoms with Crippen LogP contribution in [-0.2, 0) is 0 Å². The lowest BCUT2D eigenvalue weighted by molar-refractivity contribution is -0.284. The fourth-order valence-electron chi connectivity index (χ4n) is 2.20. The standard InChI is InChI=1S/C16H12F5N/c17-15(18,16(19,20)21)8-7-14(10-22)13-6-5-11-3-1-2-4-12(11)9-13/h1-6,9,14H,7-8H2/t14-/m1/s1. The van der Waals surface area contributed by atoms with Crippen LogP contribution >= 0.6 is 0 Å². The van der Waals surface area contributed by atoms with Crippen LogP contribution in [0.25, 0.3) is 10.8 Å². The molecule has 0 N–H and O–H groups in total. The Morgan fingerprint density at radius 3 is 2.18 bits per heavy atom. The van der Waals surface area contributed by atoms with Gasteiger partial charge in [0.15, 0.2) is 0 Å². The molecule has 0 saturated carbocycles. The SMILES string of the molecule is N#C[C@@H](CCC(F)(F)C(F)(F)F)c1ccc2ccccc2c1. The summed E-state index contributed by atoms with van der Waals surface area (Å²) in [5.74, 6) is -5.78. The van der Waals surface area contributed by atoms with Crippen LogP contribution in [0.1, 0.15) is 24.3 Å². The van der Waals surface area contributed by atoms with Crippen LogP contribution in [0.4, 0.5) is 22.0 Å². The third-order valence-corrected chi connectivity index (χ3v) is 3.49. The first kappa shape index (κ1) is 16.2. The van der Waals surface area contributed by atoms with E-state index in [9.17, 15) is 22.0 Å². The molecule has 0 aliphatic rings. The van der Waals surface area contributed by atoms with Crippen LogP contribution in [0, 0.1) is 11.3 Å². The van der Waals surface area contributed by atoms with Gasteiger partial charge in [0, 0.05) is 6.42 Å². The molecule has 22 heavy (non-hydrogen) atoms. The number of benzene rings is 2. The number of rotatable bonds is 4. The van der Waals surface area contributed by atoms with Gasteiger partial charge in [-0.3, -0.25) is 0 Å². The molecule has 0 spiro atoms. The maximum atomic E-state index is 13.0. The quantitative estimate of drug-likeness (QED) is 0.691. The molecule has 0 unspecified atom stereocenters. The second-order valence-electron chi connectivity index (χ2n) is 5.03. The lowest BCUT2D eigenvalue weighted by atomic mass is 9.92. The molecule has 0 aliphatic heterocycles. The molecule has 2 aromatic rings. The second kappa shape index (κ2) is 5.91. The molecule has 6 heteroatoms. The van der Waals surface area contributed by atoms with Gasteiger partial charge in [0.1, 0.15) is 0 Å². The Morgan fingerprint density at radius 2 is 1.59 bits per heavy atom. The smallest absolute Gasteiger partial charge is 0.198 e. The summed E-state index contributed by atoms with van der Waals surface area (Å²) >= 11 is 0. The third-order valence-electron chi connectivity index (χ3n) is 3.49. The van der Waals surface area contributed by atoms with Gasteiger partial charge < -0.3 is 0 Å². The van der Waals surface area contributed by atoms with Crippen LogP contribution in [0.2, 0.25) is 0 Å². The first-order chi connectivity index (χ1) is 10.2. The highest BCUT2D eigenvalue weighted by Crippen LogP contribution is 2.40. The lowest BCUT2D eigenvalue weighted by Gasteiger charge is -2.20. The Labute approximate surface area is 124 Å². The number of fused-ring (bicyclic) bond motifs is 1. The molecule has 0 aliphatic carbocycles. The monoisotopic (exact) mass is 313 g/mol. The van der Waals surface area contributed by atoms with E-state index in [1.807, 2.05) is 12.1 Å². The van der Waals surface area contributed by atoms with Gasteiger partial charge in [0.05, 0.1) is 12.0 Å². The summed E-state index contributed by atoms with van der Waals surface area (Å²) in [6.07, 6.45) is -7.54. The van der Waals surface area contributed by atoms with Crippen molar-refractivity contribution in [2.75, 3.05) is 0 Å². The molecular formula is C16H12F5N. The maximum absolute atomic E-state index is 13.0. The fraction of sp³-hybridized carbons (Fsp3) is 0.312. The zero-order valence-corrected chi connectivity index (χ0v) is 11.4. The summed E-state index contributed by atoms with van der Waals surface area (Å²) in [7, 11) is 0. The van der Waals surface area contributed by atoms with Crippen LogP contribution in [0.3, 0.4) is 0 Å². The zero-order chi connectivity index (χ0) is 16.4. The highest BCUT2D eigenvalue weighted by molar-refractivity contribution is 5.83. The molecule has 0 radical (unpaired) electrons. The van der Waals surface area contributed by atoms with Gasteiger partial charge in [-0.25, -0.2) is 0 Å². The van der Waals surface area contributed by atoms with E-state index in [1.165, 1.54) is 0 Å². The summed E-state index contributed by atoms with van der Waals surface area (Å²) in [5, 5.41) is 10.8. The van der Waals surface area contributed by atoms with E-state index in [2.05, 4.69) is 0 Å². The minimum absolute atomic E-state index is 0.444. The molecule has 116 valence electrons. The lowest BCUT2D eigenvalue weighted by Crippen LogP contribution is -2.36. The highest BCUT2D eigenvalue weighted by Gasteiger charge is 2.56. The summed E-state index contributed by atoms with van der Waals surface area (Å²) in [4.78, 5) is 0. The number of nitriles is 1. The van der Waals surface area contributed by atoms with Crippen molar-refractivity contribution < 1.29 is 22.0 Å². The predicted octanol–water partition coefficient (Wildman–Crippen LogP) is 5.42. The maximum Gasteiger partial charge on any atom is 0.453 e. The first-order valence-electron chi connectivity index (χ1n) is 6.57. The van der Waals surface area contributed by atoms with Crippen molar-refractivity contribution in [2.45, 2.75) is 30.9 Å². The normalized spacial score (nSPS) is 13.8. The van der Waals surface area contributed by atoms with Crippen molar-refractivity contribution in [3.63, 3.8) is 0 Å². The summed E-state index contributed by atoms with van der Waals surface area (Å²) in [5.41, 5.74) is 0.444. The average molecular weight is 313 g/mol. The Balaban J connectivity index is 2.19. The van der Waals surface area contributed by atoms with E-state index in [4.69, 9.17) is 5.26 Å². The Hall–Kier alpha value is -2.16. The summed E-state index contributed by atoms with van der Waals surface area (Å²) in [6, 6.07) is 14.0. The molecule has 2 aromatic carbocycles. The number of alkyl halides is 5. The van der Waals surface area contributed by atoms with E-state index >= 15 is 0 Å². The van der Waals surface area contributed by atoms with Crippen LogP contribution in [-0.4, -0.2) is 12.1 Å². The van der Waals surface area contributed by atoms with Gasteiger partial charge >= 0.3 is 12.1 Å². The van der Waals surface area contributed by atoms with Crippen molar-refractivity contribution in [1.82, 2.24) is 0 Å². The predicted molar refractivity (Wildman–Crippen MR) is 72.5 cm³/mol. The van der Waals surface area contributed by atoms with Crippen molar-refractivity contribution in [3.8, 4) is 6.07 Å². The number of halogens is 5. The molecule has 1 nitrogen and oxygen atoms in total. The number of hydrogen-bond acceptors (Lipinski definition) is 1. The van der Waals surface area contributed by atoms with Gasteiger partial charge in [-0.1, -0.05) is 36.4 Å². The van der Waals surface area contributed by atoms with Gasteiger partial charge in [0.25, 0.3) is 0 Å². The molecule has 0 bridgehead atoms. The topological polar surface area (TPSA) is 23.8 Å². The van der Waals surface area contributed by atoms with E-state index in [0.29, 0.717) is 5.56 Å².